The Hall–Kier alpha value is -3.20. The van der Waals surface area contributed by atoms with E-state index in [-0.39, 0.29) is 0 Å². The molecule has 0 spiro atoms. The van der Waals surface area contributed by atoms with E-state index < -0.39 is 11.9 Å². The van der Waals surface area contributed by atoms with Gasteiger partial charge in [0.15, 0.2) is 0 Å². The van der Waals surface area contributed by atoms with Crippen LogP contribution in [0.3, 0.4) is 0 Å². The molecular formula is C20H16O3. The Kier molecular flexibility index (Phi) is 6.29. The zero-order valence-electron chi connectivity index (χ0n) is 12.5. The van der Waals surface area contributed by atoms with Gasteiger partial charge in [0.25, 0.3) is 0 Å². The van der Waals surface area contributed by atoms with Gasteiger partial charge in [0.2, 0.25) is 0 Å². The molecule has 0 aromatic heterocycles. The zero-order chi connectivity index (χ0) is 16.3. The second-order valence-corrected chi connectivity index (χ2v) is 4.61. The summed E-state index contributed by atoms with van der Waals surface area (Å²) >= 11 is 0. The fourth-order valence-corrected chi connectivity index (χ4v) is 1.76. The second kappa shape index (κ2) is 8.95. The number of carbonyl (C=O) groups is 2. The highest BCUT2D eigenvalue weighted by Gasteiger charge is 2.02. The van der Waals surface area contributed by atoms with E-state index in [1.807, 2.05) is 66.7 Å². The monoisotopic (exact) mass is 304 g/mol. The summed E-state index contributed by atoms with van der Waals surface area (Å²) in [6.45, 7) is 0. The molecule has 0 aliphatic rings. The van der Waals surface area contributed by atoms with Gasteiger partial charge in [-0.25, -0.2) is 9.59 Å². The van der Waals surface area contributed by atoms with Crippen molar-refractivity contribution in [3.63, 3.8) is 0 Å². The SMILES string of the molecule is O=C(C=C/C=C/c1ccccc1)OC(=O)/C=C/c1ccccc1. The topological polar surface area (TPSA) is 43.4 Å². The molecule has 0 saturated heterocycles. The van der Waals surface area contributed by atoms with Crippen molar-refractivity contribution in [2.45, 2.75) is 0 Å². The van der Waals surface area contributed by atoms with Crippen LogP contribution in [-0.2, 0) is 14.3 Å². The van der Waals surface area contributed by atoms with Gasteiger partial charge in [-0.05, 0) is 17.2 Å². The van der Waals surface area contributed by atoms with Crippen molar-refractivity contribution >= 4 is 24.1 Å². The molecule has 0 bridgehead atoms. The van der Waals surface area contributed by atoms with Crippen LogP contribution in [0.25, 0.3) is 12.2 Å². The van der Waals surface area contributed by atoms with Crippen molar-refractivity contribution < 1.29 is 14.3 Å². The maximum absolute atomic E-state index is 11.5. The summed E-state index contributed by atoms with van der Waals surface area (Å²) in [4.78, 5) is 23.0. The minimum atomic E-state index is -0.703. The molecule has 0 aliphatic carbocycles. The Morgan fingerprint density at radius 1 is 0.652 bits per heavy atom. The number of hydrogen-bond acceptors (Lipinski definition) is 3. The number of esters is 2. The lowest BCUT2D eigenvalue weighted by molar-refractivity contribution is -0.152. The first-order chi connectivity index (χ1) is 11.2. The molecule has 23 heavy (non-hydrogen) atoms. The third kappa shape index (κ3) is 6.40. The normalized spacial score (nSPS) is 11.3. The lowest BCUT2D eigenvalue weighted by Crippen LogP contribution is -2.06. The van der Waals surface area contributed by atoms with Gasteiger partial charge in [-0.1, -0.05) is 78.9 Å². The number of allylic oxidation sites excluding steroid dienone is 2. The molecule has 0 N–H and O–H groups in total. The van der Waals surface area contributed by atoms with Crippen LogP contribution in [0.4, 0.5) is 0 Å². The van der Waals surface area contributed by atoms with Crippen molar-refractivity contribution in [3.8, 4) is 0 Å². The van der Waals surface area contributed by atoms with Gasteiger partial charge in [0.1, 0.15) is 0 Å². The molecule has 0 unspecified atom stereocenters. The molecule has 0 radical (unpaired) electrons. The van der Waals surface area contributed by atoms with Crippen LogP contribution in [0.5, 0.6) is 0 Å². The molecule has 0 saturated carbocycles. The minimum Gasteiger partial charge on any atom is -0.387 e. The van der Waals surface area contributed by atoms with Gasteiger partial charge in [-0.15, -0.1) is 0 Å². The lowest BCUT2D eigenvalue weighted by atomic mass is 10.2. The van der Waals surface area contributed by atoms with Crippen LogP contribution in [-0.4, -0.2) is 11.9 Å². The Bertz CT molecular complexity index is 726. The third-order valence-electron chi connectivity index (χ3n) is 2.84. The van der Waals surface area contributed by atoms with Crippen molar-refractivity contribution in [3.05, 3.63) is 96.1 Å². The standard InChI is InChI=1S/C20H16O3/c21-19(14-8-7-13-17-9-3-1-4-10-17)23-20(22)16-15-18-11-5-2-6-12-18/h1-16H/b13-7+,14-8?,16-15+. The maximum atomic E-state index is 11.5. The molecule has 2 rings (SSSR count). The van der Waals surface area contributed by atoms with E-state index >= 15 is 0 Å². The number of rotatable bonds is 5. The van der Waals surface area contributed by atoms with Crippen LogP contribution < -0.4 is 0 Å². The van der Waals surface area contributed by atoms with Gasteiger partial charge in [0, 0.05) is 12.2 Å². The Balaban J connectivity index is 1.80. The average Bonchev–Trinajstić information content (AvgIpc) is 2.59. The van der Waals surface area contributed by atoms with E-state index in [4.69, 9.17) is 0 Å². The van der Waals surface area contributed by atoms with E-state index in [1.165, 1.54) is 18.2 Å². The van der Waals surface area contributed by atoms with Crippen LogP contribution in [0, 0.1) is 0 Å². The van der Waals surface area contributed by atoms with E-state index in [0.29, 0.717) is 0 Å². The van der Waals surface area contributed by atoms with E-state index in [0.717, 1.165) is 11.1 Å². The third-order valence-corrected chi connectivity index (χ3v) is 2.84. The summed E-state index contributed by atoms with van der Waals surface area (Å²) in [5.74, 6) is -1.40. The maximum Gasteiger partial charge on any atom is 0.338 e. The molecule has 2 aromatic carbocycles. The van der Waals surface area contributed by atoms with Gasteiger partial charge in [-0.3, -0.25) is 0 Å². The summed E-state index contributed by atoms with van der Waals surface area (Å²) < 4.78 is 4.64. The van der Waals surface area contributed by atoms with E-state index in [2.05, 4.69) is 4.74 Å². The summed E-state index contributed by atoms with van der Waals surface area (Å²) in [6.07, 6.45) is 9.11. The fourth-order valence-electron chi connectivity index (χ4n) is 1.76. The summed E-state index contributed by atoms with van der Waals surface area (Å²) in [6, 6.07) is 19.0. The number of benzene rings is 2. The molecule has 0 heterocycles. The summed E-state index contributed by atoms with van der Waals surface area (Å²) in [5.41, 5.74) is 1.88. The number of ether oxygens (including phenoxy) is 1. The Morgan fingerprint density at radius 2 is 1.17 bits per heavy atom. The quantitative estimate of drug-likeness (QED) is 0.362. The van der Waals surface area contributed by atoms with Gasteiger partial charge >= 0.3 is 11.9 Å². The molecular weight excluding hydrogens is 288 g/mol. The van der Waals surface area contributed by atoms with Crippen LogP contribution in [0.1, 0.15) is 11.1 Å². The molecule has 3 nitrogen and oxygen atoms in total. The lowest BCUT2D eigenvalue weighted by Gasteiger charge is -1.94. The van der Waals surface area contributed by atoms with E-state index in [1.54, 1.807) is 12.2 Å². The highest BCUT2D eigenvalue weighted by Crippen LogP contribution is 2.02. The first-order valence-corrected chi connectivity index (χ1v) is 7.13. The Morgan fingerprint density at radius 3 is 1.78 bits per heavy atom. The van der Waals surface area contributed by atoms with Crippen molar-refractivity contribution in [2.24, 2.45) is 0 Å². The molecule has 0 aliphatic heterocycles. The molecule has 3 heteroatoms. The predicted octanol–water partition coefficient (Wildman–Crippen LogP) is 4.04. The van der Waals surface area contributed by atoms with Crippen LogP contribution in [0.15, 0.2) is 85.0 Å². The molecule has 0 amide bonds. The first kappa shape index (κ1) is 16.2. The highest BCUT2D eigenvalue weighted by molar-refractivity contribution is 5.98. The molecule has 0 fully saturated rings. The van der Waals surface area contributed by atoms with Crippen molar-refractivity contribution in [1.82, 2.24) is 0 Å². The fraction of sp³-hybridized carbons (Fsp3) is 0. The average molecular weight is 304 g/mol. The zero-order valence-corrected chi connectivity index (χ0v) is 12.5. The predicted molar refractivity (Wildman–Crippen MR) is 91.2 cm³/mol. The first-order valence-electron chi connectivity index (χ1n) is 7.13. The molecule has 2 aromatic rings. The molecule has 114 valence electrons. The van der Waals surface area contributed by atoms with Crippen LogP contribution in [0.2, 0.25) is 0 Å². The minimum absolute atomic E-state index is 0.699. The van der Waals surface area contributed by atoms with Gasteiger partial charge in [-0.2, -0.15) is 0 Å². The Labute approximate surface area is 135 Å². The second-order valence-electron chi connectivity index (χ2n) is 4.61. The van der Waals surface area contributed by atoms with Gasteiger partial charge in [0.05, 0.1) is 0 Å². The summed E-state index contributed by atoms with van der Waals surface area (Å²) in [5, 5.41) is 0. The summed E-state index contributed by atoms with van der Waals surface area (Å²) in [7, 11) is 0. The molecule has 0 atom stereocenters. The highest BCUT2D eigenvalue weighted by atomic mass is 16.6. The number of carbonyl (C=O) groups excluding carboxylic acids is 2. The smallest absolute Gasteiger partial charge is 0.338 e. The van der Waals surface area contributed by atoms with Crippen molar-refractivity contribution in [1.29, 1.82) is 0 Å². The van der Waals surface area contributed by atoms with E-state index in [9.17, 15) is 9.59 Å². The number of hydrogen-bond donors (Lipinski definition) is 0. The van der Waals surface area contributed by atoms with Gasteiger partial charge < -0.3 is 4.74 Å². The van der Waals surface area contributed by atoms with Crippen molar-refractivity contribution in [2.75, 3.05) is 0 Å². The largest absolute Gasteiger partial charge is 0.387 e. The van der Waals surface area contributed by atoms with Crippen LogP contribution >= 0.6 is 0 Å².